The average molecular weight is 324 g/mol. The van der Waals surface area contributed by atoms with Gasteiger partial charge in [-0.3, -0.25) is 4.98 Å². The normalized spacial score (nSPS) is 10.7. The second-order valence-electron chi connectivity index (χ2n) is 5.48. The van der Waals surface area contributed by atoms with Crippen molar-refractivity contribution in [2.24, 2.45) is 0 Å². The van der Waals surface area contributed by atoms with Crippen molar-refractivity contribution in [1.82, 2.24) is 15.0 Å². The van der Waals surface area contributed by atoms with Gasteiger partial charge in [-0.25, -0.2) is 9.97 Å². The summed E-state index contributed by atoms with van der Waals surface area (Å²) in [5.74, 6) is 1.62. The third-order valence-electron chi connectivity index (χ3n) is 3.60. The van der Waals surface area contributed by atoms with Crippen molar-refractivity contribution < 1.29 is 0 Å². The topological polar surface area (TPSA) is 41.9 Å². The Labute approximate surface area is 140 Å². The van der Waals surface area contributed by atoms with Gasteiger partial charge in [0.1, 0.15) is 11.5 Å². The van der Waals surface area contributed by atoms with Crippen LogP contribution in [0.3, 0.4) is 0 Å². The molecule has 118 valence electrons. The maximum atomic E-state index is 4.71. The van der Waals surface area contributed by atoms with Crippen LogP contribution in [-0.2, 0) is 13.0 Å². The van der Waals surface area contributed by atoms with Gasteiger partial charge in [0, 0.05) is 34.8 Å². The lowest BCUT2D eigenvalue weighted by Crippen LogP contribution is -2.18. The minimum Gasteiger partial charge on any atom is -0.354 e. The predicted molar refractivity (Wildman–Crippen MR) is 95.8 cm³/mol. The SMILES string of the molecule is CCc1cc(N(C)Cc2ccc(C)s2)nc(-c2ccccn2)n1. The predicted octanol–water partition coefficient (Wildman–Crippen LogP) is 4.11. The molecule has 0 aliphatic carbocycles. The number of nitrogens with zero attached hydrogens (tertiary/aromatic N) is 4. The molecule has 0 saturated heterocycles. The molecule has 3 rings (SSSR count). The second-order valence-corrected chi connectivity index (χ2v) is 6.85. The molecular weight excluding hydrogens is 304 g/mol. The van der Waals surface area contributed by atoms with Crippen LogP contribution >= 0.6 is 11.3 Å². The van der Waals surface area contributed by atoms with Crippen LogP contribution < -0.4 is 4.90 Å². The van der Waals surface area contributed by atoms with Crippen LogP contribution in [0.4, 0.5) is 5.82 Å². The molecule has 3 aromatic rings. The van der Waals surface area contributed by atoms with Crippen molar-refractivity contribution in [1.29, 1.82) is 0 Å². The maximum absolute atomic E-state index is 4.71. The van der Waals surface area contributed by atoms with Gasteiger partial charge in [-0.2, -0.15) is 0 Å². The van der Waals surface area contributed by atoms with E-state index in [0.29, 0.717) is 5.82 Å². The van der Waals surface area contributed by atoms with E-state index in [2.05, 4.69) is 54.0 Å². The fraction of sp³-hybridized carbons (Fsp3) is 0.278. The van der Waals surface area contributed by atoms with Gasteiger partial charge in [-0.1, -0.05) is 13.0 Å². The number of rotatable bonds is 5. The first-order valence-corrected chi connectivity index (χ1v) is 8.53. The second kappa shape index (κ2) is 6.87. The fourth-order valence-corrected chi connectivity index (χ4v) is 3.30. The minimum absolute atomic E-state index is 0.689. The van der Waals surface area contributed by atoms with Crippen LogP contribution in [0.2, 0.25) is 0 Å². The molecular formula is C18H20N4S. The third kappa shape index (κ3) is 3.74. The van der Waals surface area contributed by atoms with Crippen LogP contribution in [0, 0.1) is 6.92 Å². The summed E-state index contributed by atoms with van der Waals surface area (Å²) in [6.07, 6.45) is 2.65. The standard InChI is InChI=1S/C18H20N4S/c1-4-14-11-17(22(3)12-15-9-8-13(2)23-15)21-18(20-14)16-7-5-6-10-19-16/h5-11H,4,12H2,1-3H3. The molecule has 0 unspecified atom stereocenters. The monoisotopic (exact) mass is 324 g/mol. The molecule has 0 atom stereocenters. The van der Waals surface area contributed by atoms with Gasteiger partial charge in [-0.05, 0) is 37.6 Å². The molecule has 0 radical (unpaired) electrons. The lowest BCUT2D eigenvalue weighted by Gasteiger charge is -2.18. The lowest BCUT2D eigenvalue weighted by molar-refractivity contribution is 0.890. The van der Waals surface area contributed by atoms with Gasteiger partial charge in [0.05, 0.1) is 6.54 Å². The number of aryl methyl sites for hydroxylation is 2. The summed E-state index contributed by atoms with van der Waals surface area (Å²) in [5.41, 5.74) is 1.84. The number of anilines is 1. The largest absolute Gasteiger partial charge is 0.354 e. The summed E-state index contributed by atoms with van der Waals surface area (Å²) in [6, 6.07) is 12.2. The number of pyridine rings is 1. The van der Waals surface area contributed by atoms with Crippen LogP contribution in [0.1, 0.15) is 22.4 Å². The maximum Gasteiger partial charge on any atom is 0.180 e. The summed E-state index contributed by atoms with van der Waals surface area (Å²) in [4.78, 5) is 18.5. The molecule has 23 heavy (non-hydrogen) atoms. The molecule has 0 bridgehead atoms. The highest BCUT2D eigenvalue weighted by Gasteiger charge is 2.11. The van der Waals surface area contributed by atoms with Crippen molar-refractivity contribution in [2.75, 3.05) is 11.9 Å². The first-order chi connectivity index (χ1) is 11.2. The molecule has 0 spiro atoms. The van der Waals surface area contributed by atoms with Crippen molar-refractivity contribution in [3.8, 4) is 11.5 Å². The average Bonchev–Trinajstić information content (AvgIpc) is 3.00. The van der Waals surface area contributed by atoms with Crippen LogP contribution in [0.25, 0.3) is 11.5 Å². The van der Waals surface area contributed by atoms with Gasteiger partial charge in [0.2, 0.25) is 0 Å². The van der Waals surface area contributed by atoms with Crippen LogP contribution in [-0.4, -0.2) is 22.0 Å². The first kappa shape index (κ1) is 15.6. The molecule has 0 amide bonds. The van der Waals surface area contributed by atoms with E-state index >= 15 is 0 Å². The first-order valence-electron chi connectivity index (χ1n) is 7.71. The zero-order chi connectivity index (χ0) is 16.2. The lowest BCUT2D eigenvalue weighted by atomic mass is 10.2. The molecule has 0 aliphatic heterocycles. The summed E-state index contributed by atoms with van der Waals surface area (Å²) in [5, 5.41) is 0. The zero-order valence-electron chi connectivity index (χ0n) is 13.7. The molecule has 0 N–H and O–H groups in total. The summed E-state index contributed by atoms with van der Waals surface area (Å²) >= 11 is 1.82. The fourth-order valence-electron chi connectivity index (χ4n) is 2.35. The van der Waals surface area contributed by atoms with Crippen LogP contribution in [0.5, 0.6) is 0 Å². The Bertz CT molecular complexity index is 783. The summed E-state index contributed by atoms with van der Waals surface area (Å²) < 4.78 is 0. The molecule has 0 aromatic carbocycles. The minimum atomic E-state index is 0.689. The molecule has 0 fully saturated rings. The quantitative estimate of drug-likeness (QED) is 0.708. The Hall–Kier alpha value is -2.27. The molecule has 4 nitrogen and oxygen atoms in total. The summed E-state index contributed by atoms with van der Waals surface area (Å²) in [6.45, 7) is 5.09. The van der Waals surface area contributed by atoms with E-state index < -0.39 is 0 Å². The smallest absolute Gasteiger partial charge is 0.180 e. The van der Waals surface area contributed by atoms with E-state index in [1.165, 1.54) is 9.75 Å². The van der Waals surface area contributed by atoms with E-state index in [1.807, 2.05) is 29.5 Å². The highest BCUT2D eigenvalue weighted by Crippen LogP contribution is 2.22. The molecule has 3 aromatic heterocycles. The molecule has 3 heterocycles. The van der Waals surface area contributed by atoms with Gasteiger partial charge in [0.25, 0.3) is 0 Å². The molecule has 0 aliphatic rings. The van der Waals surface area contributed by atoms with E-state index in [1.54, 1.807) is 6.20 Å². The van der Waals surface area contributed by atoms with E-state index in [9.17, 15) is 0 Å². The van der Waals surface area contributed by atoms with Crippen LogP contribution in [0.15, 0.2) is 42.6 Å². The third-order valence-corrected chi connectivity index (χ3v) is 4.59. The van der Waals surface area contributed by atoms with Gasteiger partial charge in [-0.15, -0.1) is 11.3 Å². The summed E-state index contributed by atoms with van der Waals surface area (Å²) in [7, 11) is 2.07. The van der Waals surface area contributed by atoms with Crippen molar-refractivity contribution in [2.45, 2.75) is 26.8 Å². The number of hydrogen-bond donors (Lipinski definition) is 0. The molecule has 5 heteroatoms. The van der Waals surface area contributed by atoms with Crippen molar-refractivity contribution in [3.63, 3.8) is 0 Å². The Morgan fingerprint density at radius 2 is 2.00 bits per heavy atom. The number of hydrogen-bond acceptors (Lipinski definition) is 5. The Morgan fingerprint density at radius 1 is 1.13 bits per heavy atom. The van der Waals surface area contributed by atoms with Crippen molar-refractivity contribution >= 4 is 17.2 Å². The number of aromatic nitrogens is 3. The van der Waals surface area contributed by atoms with Gasteiger partial charge < -0.3 is 4.90 Å². The van der Waals surface area contributed by atoms with E-state index in [-0.39, 0.29) is 0 Å². The Balaban J connectivity index is 1.92. The van der Waals surface area contributed by atoms with Crippen molar-refractivity contribution in [3.05, 3.63) is 58.0 Å². The van der Waals surface area contributed by atoms with E-state index in [4.69, 9.17) is 4.98 Å². The van der Waals surface area contributed by atoms with Gasteiger partial charge >= 0.3 is 0 Å². The van der Waals surface area contributed by atoms with Gasteiger partial charge in [0.15, 0.2) is 5.82 Å². The Kier molecular flexibility index (Phi) is 4.67. The zero-order valence-corrected chi connectivity index (χ0v) is 14.5. The number of thiophene rings is 1. The van der Waals surface area contributed by atoms with E-state index in [0.717, 1.165) is 30.2 Å². The highest BCUT2D eigenvalue weighted by atomic mass is 32.1. The molecule has 0 saturated carbocycles. The highest BCUT2D eigenvalue weighted by molar-refractivity contribution is 7.11. The Morgan fingerprint density at radius 3 is 2.65 bits per heavy atom.